The Hall–Kier alpha value is -2.17. The van der Waals surface area contributed by atoms with Gasteiger partial charge in [0.05, 0.1) is 12.0 Å². The summed E-state index contributed by atoms with van der Waals surface area (Å²) in [6, 6.07) is 2.46. The molecule has 1 aromatic carbocycles. The van der Waals surface area contributed by atoms with Crippen LogP contribution < -0.4 is 10.4 Å². The lowest BCUT2D eigenvalue weighted by Crippen LogP contribution is -2.08. The Labute approximate surface area is 96.9 Å². The second-order valence-electron chi connectivity index (χ2n) is 3.61. The minimum Gasteiger partial charge on any atom is -0.508 e. The molecule has 1 aromatic heterocycles. The highest BCUT2D eigenvalue weighted by Crippen LogP contribution is 2.34. The van der Waals surface area contributed by atoms with Gasteiger partial charge >= 0.3 is 5.63 Å². The van der Waals surface area contributed by atoms with Crippen molar-refractivity contribution in [3.8, 4) is 17.2 Å². The van der Waals surface area contributed by atoms with Gasteiger partial charge in [0, 0.05) is 17.7 Å². The molecule has 5 heteroatoms. The molecule has 2 rings (SSSR count). The number of aryl methyl sites for hydroxylation is 1. The second kappa shape index (κ2) is 4.01. The molecule has 0 saturated heterocycles. The van der Waals surface area contributed by atoms with Crippen LogP contribution in [0.25, 0.3) is 11.0 Å². The van der Waals surface area contributed by atoms with E-state index in [-0.39, 0.29) is 22.8 Å². The molecule has 0 aliphatic heterocycles. The van der Waals surface area contributed by atoms with Gasteiger partial charge in [0.15, 0.2) is 0 Å². The van der Waals surface area contributed by atoms with Crippen molar-refractivity contribution in [2.24, 2.45) is 0 Å². The number of ether oxygens (including phenoxy) is 1. The summed E-state index contributed by atoms with van der Waals surface area (Å²) in [4.78, 5) is 11.6. The van der Waals surface area contributed by atoms with Crippen LogP contribution in [-0.4, -0.2) is 16.8 Å². The van der Waals surface area contributed by atoms with E-state index in [1.54, 1.807) is 13.8 Å². The third-order valence-electron chi connectivity index (χ3n) is 2.46. The molecule has 0 saturated carbocycles. The summed E-state index contributed by atoms with van der Waals surface area (Å²) in [5.41, 5.74) is 0.00547. The van der Waals surface area contributed by atoms with Gasteiger partial charge in [-0.05, 0) is 13.8 Å². The van der Waals surface area contributed by atoms with Crippen molar-refractivity contribution in [2.45, 2.75) is 13.8 Å². The minimum atomic E-state index is -0.623. The first-order valence-electron chi connectivity index (χ1n) is 5.16. The summed E-state index contributed by atoms with van der Waals surface area (Å²) in [7, 11) is 0. The maximum atomic E-state index is 11.6. The SMILES string of the molecule is CCOc1c(C)c2c(O)cc(O)cc2oc1=O. The van der Waals surface area contributed by atoms with Gasteiger partial charge in [-0.2, -0.15) is 0 Å². The van der Waals surface area contributed by atoms with Crippen molar-refractivity contribution >= 4 is 11.0 Å². The standard InChI is InChI=1S/C12H12O5/c1-3-16-11-6(2)10-8(14)4-7(13)5-9(10)17-12(11)15/h4-5,13-14H,3H2,1-2H3. The van der Waals surface area contributed by atoms with Crippen molar-refractivity contribution in [1.29, 1.82) is 0 Å². The number of phenols is 2. The van der Waals surface area contributed by atoms with E-state index in [1.807, 2.05) is 0 Å². The average molecular weight is 236 g/mol. The van der Waals surface area contributed by atoms with Gasteiger partial charge in [0.2, 0.25) is 5.75 Å². The second-order valence-corrected chi connectivity index (χ2v) is 3.61. The fourth-order valence-electron chi connectivity index (χ4n) is 1.77. The molecule has 0 unspecified atom stereocenters. The van der Waals surface area contributed by atoms with E-state index in [0.717, 1.165) is 0 Å². The summed E-state index contributed by atoms with van der Waals surface area (Å²) in [5, 5.41) is 19.4. The normalized spacial score (nSPS) is 10.7. The number of rotatable bonds is 2. The van der Waals surface area contributed by atoms with Crippen molar-refractivity contribution in [1.82, 2.24) is 0 Å². The van der Waals surface area contributed by atoms with Crippen molar-refractivity contribution in [2.75, 3.05) is 6.61 Å². The lowest BCUT2D eigenvalue weighted by molar-refractivity contribution is 0.319. The molecular weight excluding hydrogens is 224 g/mol. The van der Waals surface area contributed by atoms with Crippen LogP contribution in [0.1, 0.15) is 12.5 Å². The predicted octanol–water partition coefficient (Wildman–Crippen LogP) is 1.91. The highest BCUT2D eigenvalue weighted by Gasteiger charge is 2.15. The fraction of sp³-hybridized carbons (Fsp3) is 0.250. The predicted molar refractivity (Wildman–Crippen MR) is 61.7 cm³/mol. The molecule has 0 radical (unpaired) electrons. The average Bonchev–Trinajstić information content (AvgIpc) is 2.22. The first-order valence-corrected chi connectivity index (χ1v) is 5.16. The van der Waals surface area contributed by atoms with E-state index in [9.17, 15) is 15.0 Å². The molecule has 2 aromatic rings. The molecule has 0 spiro atoms. The van der Waals surface area contributed by atoms with E-state index in [2.05, 4.69) is 0 Å². The molecule has 0 bridgehead atoms. The lowest BCUT2D eigenvalue weighted by atomic mass is 10.1. The molecule has 0 aliphatic rings. The Morgan fingerprint density at radius 3 is 2.71 bits per heavy atom. The molecule has 2 N–H and O–H groups in total. The monoisotopic (exact) mass is 236 g/mol. The molecule has 5 nitrogen and oxygen atoms in total. The van der Waals surface area contributed by atoms with Gasteiger partial charge < -0.3 is 19.4 Å². The Morgan fingerprint density at radius 2 is 2.06 bits per heavy atom. The number of phenolic OH excluding ortho intramolecular Hbond substituents is 2. The van der Waals surface area contributed by atoms with Crippen LogP contribution in [0, 0.1) is 6.92 Å². The molecule has 0 aliphatic carbocycles. The number of fused-ring (bicyclic) bond motifs is 1. The molecule has 90 valence electrons. The van der Waals surface area contributed by atoms with E-state index in [4.69, 9.17) is 9.15 Å². The zero-order valence-electron chi connectivity index (χ0n) is 9.48. The Bertz CT molecular complexity index is 627. The van der Waals surface area contributed by atoms with Gasteiger partial charge in [-0.3, -0.25) is 0 Å². The maximum absolute atomic E-state index is 11.6. The zero-order chi connectivity index (χ0) is 12.6. The first kappa shape index (κ1) is 11.3. The summed E-state index contributed by atoms with van der Waals surface area (Å²) < 4.78 is 10.2. The van der Waals surface area contributed by atoms with Crippen molar-refractivity contribution in [3.63, 3.8) is 0 Å². The van der Waals surface area contributed by atoms with E-state index in [0.29, 0.717) is 17.6 Å². The van der Waals surface area contributed by atoms with Gasteiger partial charge in [-0.25, -0.2) is 4.79 Å². The highest BCUT2D eigenvalue weighted by molar-refractivity contribution is 5.89. The summed E-state index contributed by atoms with van der Waals surface area (Å²) >= 11 is 0. The molecule has 0 amide bonds. The Morgan fingerprint density at radius 1 is 1.35 bits per heavy atom. The van der Waals surface area contributed by atoms with Gasteiger partial charge in [0.25, 0.3) is 0 Å². The van der Waals surface area contributed by atoms with Crippen molar-refractivity contribution < 1.29 is 19.4 Å². The quantitative estimate of drug-likeness (QED) is 0.778. The molecule has 17 heavy (non-hydrogen) atoms. The van der Waals surface area contributed by atoms with Crippen LogP contribution in [0.15, 0.2) is 21.3 Å². The van der Waals surface area contributed by atoms with Crippen LogP contribution in [0.2, 0.25) is 0 Å². The maximum Gasteiger partial charge on any atom is 0.379 e. The van der Waals surface area contributed by atoms with Gasteiger partial charge in [-0.15, -0.1) is 0 Å². The number of aromatic hydroxyl groups is 2. The first-order chi connectivity index (χ1) is 8.04. The Balaban J connectivity index is 2.87. The third kappa shape index (κ3) is 1.80. The van der Waals surface area contributed by atoms with E-state index < -0.39 is 5.63 Å². The van der Waals surface area contributed by atoms with Crippen LogP contribution in [0.4, 0.5) is 0 Å². The third-order valence-corrected chi connectivity index (χ3v) is 2.46. The highest BCUT2D eigenvalue weighted by atomic mass is 16.5. The Kier molecular flexibility index (Phi) is 2.67. The number of hydrogen-bond donors (Lipinski definition) is 2. The topological polar surface area (TPSA) is 79.9 Å². The summed E-state index contributed by atoms with van der Waals surface area (Å²) in [5.74, 6) is -0.232. The van der Waals surface area contributed by atoms with Gasteiger partial charge in [-0.1, -0.05) is 0 Å². The van der Waals surface area contributed by atoms with E-state index in [1.165, 1.54) is 12.1 Å². The zero-order valence-corrected chi connectivity index (χ0v) is 9.48. The fourth-order valence-corrected chi connectivity index (χ4v) is 1.77. The number of hydrogen-bond acceptors (Lipinski definition) is 5. The van der Waals surface area contributed by atoms with Crippen LogP contribution in [-0.2, 0) is 0 Å². The summed E-state index contributed by atoms with van der Waals surface area (Å²) in [6.45, 7) is 3.73. The lowest BCUT2D eigenvalue weighted by Gasteiger charge is -2.09. The molecule has 1 heterocycles. The molecule has 0 atom stereocenters. The molecular formula is C12H12O5. The van der Waals surface area contributed by atoms with Crippen LogP contribution >= 0.6 is 0 Å². The minimum absolute atomic E-state index is 0.0842. The van der Waals surface area contributed by atoms with Crippen LogP contribution in [0.3, 0.4) is 0 Å². The largest absolute Gasteiger partial charge is 0.508 e. The van der Waals surface area contributed by atoms with E-state index >= 15 is 0 Å². The van der Waals surface area contributed by atoms with Crippen LogP contribution in [0.5, 0.6) is 17.2 Å². The number of benzene rings is 1. The summed E-state index contributed by atoms with van der Waals surface area (Å²) in [6.07, 6.45) is 0. The smallest absolute Gasteiger partial charge is 0.379 e. The molecule has 0 fully saturated rings. The van der Waals surface area contributed by atoms with Crippen molar-refractivity contribution in [3.05, 3.63) is 28.1 Å². The van der Waals surface area contributed by atoms with Gasteiger partial charge in [0.1, 0.15) is 17.1 Å².